The van der Waals surface area contributed by atoms with Gasteiger partial charge in [-0.15, -0.1) is 0 Å². The zero-order valence-electron chi connectivity index (χ0n) is 17.9. The number of benzene rings is 2. The summed E-state index contributed by atoms with van der Waals surface area (Å²) in [5, 5.41) is 3.27. The van der Waals surface area contributed by atoms with E-state index in [4.69, 9.17) is 16.3 Å². The zero-order valence-corrected chi connectivity index (χ0v) is 18.7. The van der Waals surface area contributed by atoms with Crippen LogP contribution in [0.5, 0.6) is 11.5 Å². The van der Waals surface area contributed by atoms with Gasteiger partial charge < -0.3 is 10.1 Å². The first kappa shape index (κ1) is 21.6. The van der Waals surface area contributed by atoms with E-state index in [1.807, 2.05) is 36.4 Å². The van der Waals surface area contributed by atoms with Crippen LogP contribution in [0.4, 0.5) is 5.69 Å². The Morgan fingerprint density at radius 1 is 0.941 bits per heavy atom. The highest BCUT2D eigenvalue weighted by molar-refractivity contribution is 6.31. The van der Waals surface area contributed by atoms with E-state index < -0.39 is 11.8 Å². The third-order valence-corrected chi connectivity index (χ3v) is 5.62. The molecule has 0 spiro atoms. The Balaban J connectivity index is 1.50. The van der Waals surface area contributed by atoms with Crippen LogP contribution in [0.1, 0.15) is 32.1 Å². The molecular formula is C26H19ClN4O3. The number of nitrogens with zero attached hydrogens (tertiary/aromatic N) is 3. The number of hydrogen-bond acceptors (Lipinski definition) is 5. The highest BCUT2D eigenvalue weighted by Gasteiger charge is 2.29. The Morgan fingerprint density at radius 3 is 2.62 bits per heavy atom. The van der Waals surface area contributed by atoms with Crippen LogP contribution in [0.2, 0.25) is 5.02 Å². The van der Waals surface area contributed by atoms with E-state index in [0.717, 1.165) is 5.56 Å². The molecule has 1 aliphatic rings. The first-order valence-electron chi connectivity index (χ1n) is 10.6. The molecule has 4 aromatic rings. The van der Waals surface area contributed by atoms with Crippen molar-refractivity contribution in [2.24, 2.45) is 0 Å². The van der Waals surface area contributed by atoms with Crippen molar-refractivity contribution in [1.82, 2.24) is 15.3 Å². The van der Waals surface area contributed by atoms with Crippen LogP contribution in [0.15, 0.2) is 85.2 Å². The Labute approximate surface area is 201 Å². The number of halogens is 1. The summed E-state index contributed by atoms with van der Waals surface area (Å²) < 4.78 is 6.08. The Morgan fingerprint density at radius 2 is 1.76 bits per heavy atom. The number of hydrogen-bond donors (Lipinski definition) is 1. The molecule has 0 radical (unpaired) electrons. The monoisotopic (exact) mass is 470 g/mol. The molecule has 0 atom stereocenters. The molecule has 1 aliphatic heterocycles. The van der Waals surface area contributed by atoms with E-state index in [0.29, 0.717) is 27.9 Å². The van der Waals surface area contributed by atoms with Crippen LogP contribution in [-0.2, 0) is 13.1 Å². The molecule has 2 aromatic carbocycles. The molecule has 34 heavy (non-hydrogen) atoms. The fourth-order valence-corrected chi connectivity index (χ4v) is 3.90. The lowest BCUT2D eigenvalue weighted by Gasteiger charge is -2.22. The molecule has 8 heteroatoms. The van der Waals surface area contributed by atoms with Crippen LogP contribution in [-0.4, -0.2) is 21.8 Å². The van der Waals surface area contributed by atoms with E-state index in [1.54, 1.807) is 42.6 Å². The van der Waals surface area contributed by atoms with Crippen molar-refractivity contribution in [1.29, 1.82) is 0 Å². The van der Waals surface area contributed by atoms with Gasteiger partial charge in [-0.05, 0) is 48.5 Å². The number of ether oxygens (including phenoxy) is 1. The van der Waals surface area contributed by atoms with E-state index in [1.165, 1.54) is 11.1 Å². The molecule has 0 fully saturated rings. The predicted octanol–water partition coefficient (Wildman–Crippen LogP) is 5.01. The summed E-state index contributed by atoms with van der Waals surface area (Å²) in [7, 11) is 0. The normalized spacial score (nSPS) is 12.1. The topological polar surface area (TPSA) is 84.4 Å². The minimum absolute atomic E-state index is 0.0336. The maximum atomic E-state index is 13.8. The number of carbonyl (C=O) groups is 2. The Hall–Kier alpha value is -4.23. The standard InChI is InChI=1S/C26H19ClN4O3/c27-18-10-11-23-21(14-18)31(16-17-6-1-2-9-22(17)34-23)26(33)24-20(8-5-13-29-24)25(32)30-15-19-7-3-4-12-28-19/h1-14H,15-16H2,(H,30,32). The summed E-state index contributed by atoms with van der Waals surface area (Å²) in [6.45, 7) is 0.458. The number of anilines is 1. The molecule has 1 N–H and O–H groups in total. The quantitative estimate of drug-likeness (QED) is 0.453. The average molecular weight is 471 g/mol. The van der Waals surface area contributed by atoms with Crippen LogP contribution in [0, 0.1) is 0 Å². The maximum Gasteiger partial charge on any atom is 0.278 e. The lowest BCUT2D eigenvalue weighted by Crippen LogP contribution is -2.34. The second kappa shape index (κ2) is 9.33. The average Bonchev–Trinajstić information content (AvgIpc) is 3.04. The highest BCUT2D eigenvalue weighted by atomic mass is 35.5. The van der Waals surface area contributed by atoms with Crippen molar-refractivity contribution in [3.8, 4) is 11.5 Å². The summed E-state index contributed by atoms with van der Waals surface area (Å²) in [5.41, 5.74) is 2.23. The van der Waals surface area contributed by atoms with E-state index >= 15 is 0 Å². The van der Waals surface area contributed by atoms with Gasteiger partial charge in [-0.1, -0.05) is 35.9 Å². The van der Waals surface area contributed by atoms with Gasteiger partial charge >= 0.3 is 0 Å². The zero-order chi connectivity index (χ0) is 23.5. The molecule has 0 saturated heterocycles. The second-order valence-electron chi connectivity index (χ2n) is 7.62. The van der Waals surface area contributed by atoms with Gasteiger partial charge in [0.15, 0.2) is 5.75 Å². The number of amides is 2. The van der Waals surface area contributed by atoms with Gasteiger partial charge in [0.1, 0.15) is 11.4 Å². The number of nitrogens with one attached hydrogen (secondary N) is 1. The van der Waals surface area contributed by atoms with Crippen molar-refractivity contribution in [3.63, 3.8) is 0 Å². The molecule has 5 rings (SSSR count). The summed E-state index contributed by atoms with van der Waals surface area (Å²) in [4.78, 5) is 36.8. The van der Waals surface area contributed by atoms with Gasteiger partial charge in [0, 0.05) is 23.0 Å². The van der Waals surface area contributed by atoms with Gasteiger partial charge in [-0.25, -0.2) is 0 Å². The minimum Gasteiger partial charge on any atom is -0.455 e. The lowest BCUT2D eigenvalue weighted by molar-refractivity contribution is 0.0927. The number of carbonyl (C=O) groups excluding carboxylic acids is 2. The number of pyridine rings is 2. The van der Waals surface area contributed by atoms with E-state index in [2.05, 4.69) is 15.3 Å². The first-order valence-corrected chi connectivity index (χ1v) is 11.0. The number of rotatable bonds is 4. The fourth-order valence-electron chi connectivity index (χ4n) is 3.73. The van der Waals surface area contributed by atoms with Crippen molar-refractivity contribution in [2.75, 3.05) is 4.90 Å². The second-order valence-corrected chi connectivity index (χ2v) is 8.05. The summed E-state index contributed by atoms with van der Waals surface area (Å²) >= 11 is 6.26. The van der Waals surface area contributed by atoms with Crippen molar-refractivity contribution in [3.05, 3.63) is 113 Å². The Kier molecular flexibility index (Phi) is 5.93. The van der Waals surface area contributed by atoms with Gasteiger partial charge in [-0.2, -0.15) is 0 Å². The van der Waals surface area contributed by atoms with Crippen molar-refractivity contribution in [2.45, 2.75) is 13.1 Å². The minimum atomic E-state index is -0.438. The van der Waals surface area contributed by atoms with Crippen LogP contribution >= 0.6 is 11.6 Å². The highest BCUT2D eigenvalue weighted by Crippen LogP contribution is 2.40. The molecule has 0 unspecified atom stereocenters. The molecule has 0 bridgehead atoms. The Bertz CT molecular complexity index is 1380. The van der Waals surface area contributed by atoms with E-state index in [9.17, 15) is 9.59 Å². The number of para-hydroxylation sites is 1. The molecule has 0 saturated carbocycles. The van der Waals surface area contributed by atoms with Crippen LogP contribution in [0.3, 0.4) is 0 Å². The molecule has 7 nitrogen and oxygen atoms in total. The van der Waals surface area contributed by atoms with Gasteiger partial charge in [0.05, 0.1) is 30.0 Å². The van der Waals surface area contributed by atoms with Crippen LogP contribution < -0.4 is 15.0 Å². The number of fused-ring (bicyclic) bond motifs is 2. The van der Waals surface area contributed by atoms with Crippen molar-refractivity contribution < 1.29 is 14.3 Å². The van der Waals surface area contributed by atoms with Gasteiger partial charge in [0.2, 0.25) is 0 Å². The molecule has 2 aromatic heterocycles. The SMILES string of the molecule is O=C(NCc1ccccn1)c1cccnc1C(=O)N1Cc2ccccc2Oc2ccc(Cl)cc21. The van der Waals surface area contributed by atoms with Crippen LogP contribution in [0.25, 0.3) is 0 Å². The number of aromatic nitrogens is 2. The molecule has 168 valence electrons. The van der Waals surface area contributed by atoms with E-state index in [-0.39, 0.29) is 24.3 Å². The maximum absolute atomic E-state index is 13.8. The summed E-state index contributed by atoms with van der Waals surface area (Å²) in [6, 6.07) is 21.2. The largest absolute Gasteiger partial charge is 0.455 e. The third-order valence-electron chi connectivity index (χ3n) is 5.39. The van der Waals surface area contributed by atoms with Gasteiger partial charge in [0.25, 0.3) is 11.8 Å². The molecular weight excluding hydrogens is 452 g/mol. The molecule has 2 amide bonds. The summed E-state index contributed by atoms with van der Waals surface area (Å²) in [5.74, 6) is 0.280. The fraction of sp³-hybridized carbons (Fsp3) is 0.0769. The summed E-state index contributed by atoms with van der Waals surface area (Å²) in [6.07, 6.45) is 3.15. The van der Waals surface area contributed by atoms with Gasteiger partial charge in [-0.3, -0.25) is 24.5 Å². The molecule has 0 aliphatic carbocycles. The predicted molar refractivity (Wildman–Crippen MR) is 128 cm³/mol. The third kappa shape index (κ3) is 4.33. The molecule has 3 heterocycles. The lowest BCUT2D eigenvalue weighted by atomic mass is 10.1. The smallest absolute Gasteiger partial charge is 0.278 e. The van der Waals surface area contributed by atoms with Crippen molar-refractivity contribution >= 4 is 29.1 Å². The first-order chi connectivity index (χ1) is 16.6.